The predicted octanol–water partition coefficient (Wildman–Crippen LogP) is 3.19. The monoisotopic (exact) mass is 259 g/mol. The van der Waals surface area contributed by atoms with Gasteiger partial charge < -0.3 is 5.73 Å². The Bertz CT molecular complexity index is 593. The fourth-order valence-corrected chi connectivity index (χ4v) is 2.93. The van der Waals surface area contributed by atoms with Crippen LogP contribution >= 0.6 is 0 Å². The van der Waals surface area contributed by atoms with Gasteiger partial charge in [-0.1, -0.05) is 24.3 Å². The Balaban J connectivity index is 2.18. The molecule has 2 aromatic rings. The maximum absolute atomic E-state index is 12.2. The molecule has 0 heterocycles. The van der Waals surface area contributed by atoms with Crippen molar-refractivity contribution in [3.05, 3.63) is 59.2 Å². The van der Waals surface area contributed by atoms with Crippen molar-refractivity contribution in [2.24, 2.45) is 0 Å². The van der Waals surface area contributed by atoms with Gasteiger partial charge in [-0.25, -0.2) is 0 Å². The molecule has 0 bridgehead atoms. The van der Waals surface area contributed by atoms with Gasteiger partial charge in [-0.05, 0) is 48.7 Å². The molecule has 2 nitrogen and oxygen atoms in total. The van der Waals surface area contributed by atoms with Gasteiger partial charge in [-0.3, -0.25) is 4.21 Å². The molecule has 94 valence electrons. The summed E-state index contributed by atoms with van der Waals surface area (Å²) in [5.41, 5.74) is 9.94. The molecule has 0 saturated heterocycles. The molecule has 0 spiro atoms. The first-order valence-electron chi connectivity index (χ1n) is 5.86. The van der Waals surface area contributed by atoms with E-state index in [0.717, 1.165) is 10.5 Å². The minimum Gasteiger partial charge on any atom is -0.399 e. The van der Waals surface area contributed by atoms with Crippen molar-refractivity contribution in [2.75, 3.05) is 5.73 Å². The van der Waals surface area contributed by atoms with Crippen LogP contribution in [0.5, 0.6) is 0 Å². The highest BCUT2D eigenvalue weighted by Gasteiger charge is 2.06. The van der Waals surface area contributed by atoms with Gasteiger partial charge in [0.1, 0.15) is 0 Å². The van der Waals surface area contributed by atoms with Crippen molar-refractivity contribution in [1.82, 2.24) is 0 Å². The molecule has 2 N–H and O–H groups in total. The van der Waals surface area contributed by atoms with Crippen LogP contribution in [0.25, 0.3) is 0 Å². The second-order valence-corrected chi connectivity index (χ2v) is 5.93. The van der Waals surface area contributed by atoms with Gasteiger partial charge in [0.05, 0.1) is 16.6 Å². The maximum atomic E-state index is 12.2. The summed E-state index contributed by atoms with van der Waals surface area (Å²) in [5, 5.41) is 0. The summed E-state index contributed by atoms with van der Waals surface area (Å²) in [6.45, 7) is 4.15. The lowest BCUT2D eigenvalue weighted by atomic mass is 10.1. The van der Waals surface area contributed by atoms with Gasteiger partial charge in [0.25, 0.3) is 0 Å². The van der Waals surface area contributed by atoms with Gasteiger partial charge in [0.2, 0.25) is 0 Å². The van der Waals surface area contributed by atoms with Crippen LogP contribution in [0.1, 0.15) is 16.7 Å². The minimum absolute atomic E-state index is 0.532. The second kappa shape index (κ2) is 5.36. The van der Waals surface area contributed by atoms with Gasteiger partial charge in [-0.2, -0.15) is 0 Å². The van der Waals surface area contributed by atoms with Crippen LogP contribution in [-0.2, 0) is 16.6 Å². The van der Waals surface area contributed by atoms with E-state index in [1.807, 2.05) is 18.2 Å². The third kappa shape index (κ3) is 2.99. The molecular formula is C15H17NOS. The van der Waals surface area contributed by atoms with Gasteiger partial charge in [0, 0.05) is 10.6 Å². The zero-order valence-corrected chi connectivity index (χ0v) is 11.5. The Labute approximate surface area is 110 Å². The van der Waals surface area contributed by atoms with E-state index in [1.165, 1.54) is 11.1 Å². The van der Waals surface area contributed by atoms with Crippen LogP contribution in [0, 0.1) is 13.8 Å². The Morgan fingerprint density at radius 2 is 1.83 bits per heavy atom. The maximum Gasteiger partial charge on any atom is 0.0574 e. The van der Waals surface area contributed by atoms with Crippen LogP contribution in [0.15, 0.2) is 47.4 Å². The molecule has 0 aromatic heterocycles. The van der Waals surface area contributed by atoms with Gasteiger partial charge >= 0.3 is 0 Å². The molecule has 1 unspecified atom stereocenters. The number of nitrogen functional groups attached to an aromatic ring is 1. The van der Waals surface area contributed by atoms with E-state index in [9.17, 15) is 4.21 Å². The van der Waals surface area contributed by atoms with E-state index in [4.69, 9.17) is 5.73 Å². The van der Waals surface area contributed by atoms with Gasteiger partial charge in [-0.15, -0.1) is 0 Å². The first-order chi connectivity index (χ1) is 8.56. The molecule has 0 amide bonds. The summed E-state index contributed by atoms with van der Waals surface area (Å²) in [6.07, 6.45) is 0. The third-order valence-electron chi connectivity index (χ3n) is 2.99. The van der Waals surface area contributed by atoms with Crippen molar-refractivity contribution < 1.29 is 4.21 Å². The average Bonchev–Trinajstić information content (AvgIpc) is 2.34. The molecule has 1 atom stereocenters. The summed E-state index contributed by atoms with van der Waals surface area (Å²) in [5.74, 6) is 0.532. The normalized spacial score (nSPS) is 12.3. The molecule has 3 heteroatoms. The van der Waals surface area contributed by atoms with Crippen LogP contribution in [0.2, 0.25) is 0 Å². The fraction of sp³-hybridized carbons (Fsp3) is 0.200. The van der Waals surface area contributed by atoms with E-state index in [0.29, 0.717) is 11.4 Å². The van der Waals surface area contributed by atoms with E-state index in [2.05, 4.69) is 26.0 Å². The lowest BCUT2D eigenvalue weighted by Crippen LogP contribution is -1.98. The summed E-state index contributed by atoms with van der Waals surface area (Å²) >= 11 is 0. The molecule has 2 rings (SSSR count). The average molecular weight is 259 g/mol. The largest absolute Gasteiger partial charge is 0.399 e. The summed E-state index contributed by atoms with van der Waals surface area (Å²) in [6, 6.07) is 13.5. The zero-order chi connectivity index (χ0) is 13.1. The molecule has 0 aliphatic carbocycles. The fourth-order valence-electron chi connectivity index (χ4n) is 1.78. The topological polar surface area (TPSA) is 43.1 Å². The number of hydrogen-bond donors (Lipinski definition) is 1. The smallest absolute Gasteiger partial charge is 0.0574 e. The first kappa shape index (κ1) is 12.8. The zero-order valence-electron chi connectivity index (χ0n) is 10.6. The number of anilines is 1. The van der Waals surface area contributed by atoms with Crippen molar-refractivity contribution >= 4 is 16.5 Å². The number of nitrogens with two attached hydrogens (primary N) is 1. The quantitative estimate of drug-likeness (QED) is 0.860. The highest BCUT2D eigenvalue weighted by atomic mass is 32.2. The molecule has 18 heavy (non-hydrogen) atoms. The lowest BCUT2D eigenvalue weighted by Gasteiger charge is -2.06. The van der Waals surface area contributed by atoms with E-state index in [-0.39, 0.29) is 0 Å². The first-order valence-corrected chi connectivity index (χ1v) is 7.18. The van der Waals surface area contributed by atoms with Crippen molar-refractivity contribution in [3.63, 3.8) is 0 Å². The molecule has 2 aromatic carbocycles. The number of rotatable bonds is 3. The molecule has 0 saturated carbocycles. The molecular weight excluding hydrogens is 242 g/mol. The summed E-state index contributed by atoms with van der Waals surface area (Å²) in [7, 11) is -1.04. The van der Waals surface area contributed by atoms with E-state index >= 15 is 0 Å². The Morgan fingerprint density at radius 3 is 2.50 bits per heavy atom. The molecule has 0 aliphatic rings. The second-order valence-electron chi connectivity index (χ2n) is 4.48. The van der Waals surface area contributed by atoms with Crippen molar-refractivity contribution in [2.45, 2.75) is 24.5 Å². The molecule has 0 radical (unpaired) electrons. The minimum atomic E-state index is -1.04. The van der Waals surface area contributed by atoms with Crippen LogP contribution < -0.4 is 5.73 Å². The van der Waals surface area contributed by atoms with Crippen LogP contribution in [-0.4, -0.2) is 4.21 Å². The number of aryl methyl sites for hydroxylation is 2. The molecule has 0 fully saturated rings. The predicted molar refractivity (Wildman–Crippen MR) is 76.9 cm³/mol. The highest BCUT2D eigenvalue weighted by molar-refractivity contribution is 7.84. The SMILES string of the molecule is Cc1ccc(CS(=O)c2cccc(N)c2)cc1C. The summed E-state index contributed by atoms with van der Waals surface area (Å²) in [4.78, 5) is 0.785. The van der Waals surface area contributed by atoms with Gasteiger partial charge in [0.15, 0.2) is 0 Å². The van der Waals surface area contributed by atoms with E-state index < -0.39 is 10.8 Å². The standard InChI is InChI=1S/C15H17NOS/c1-11-6-7-13(8-12(11)2)10-18(17)15-5-3-4-14(16)9-15/h3-9H,10,16H2,1-2H3. The Kier molecular flexibility index (Phi) is 3.82. The third-order valence-corrected chi connectivity index (χ3v) is 4.37. The highest BCUT2D eigenvalue weighted by Crippen LogP contribution is 2.17. The summed E-state index contributed by atoms with van der Waals surface area (Å²) < 4.78 is 12.2. The Morgan fingerprint density at radius 1 is 1.06 bits per heavy atom. The van der Waals surface area contributed by atoms with Crippen molar-refractivity contribution in [1.29, 1.82) is 0 Å². The number of hydrogen-bond acceptors (Lipinski definition) is 2. The van der Waals surface area contributed by atoms with Crippen molar-refractivity contribution in [3.8, 4) is 0 Å². The number of benzene rings is 2. The lowest BCUT2D eigenvalue weighted by molar-refractivity contribution is 0.682. The van der Waals surface area contributed by atoms with Crippen LogP contribution in [0.3, 0.4) is 0 Å². The molecule has 0 aliphatic heterocycles. The van der Waals surface area contributed by atoms with E-state index in [1.54, 1.807) is 12.1 Å². The Hall–Kier alpha value is -1.61. The van der Waals surface area contributed by atoms with Crippen LogP contribution in [0.4, 0.5) is 5.69 Å².